The molecule has 5 heteroatoms. The van der Waals surface area contributed by atoms with Crippen LogP contribution in [0.25, 0.3) is 0 Å². The summed E-state index contributed by atoms with van der Waals surface area (Å²) in [5.74, 6) is -0.396. The van der Waals surface area contributed by atoms with E-state index in [1.807, 2.05) is 4.90 Å². The Balaban J connectivity index is 3.02. The van der Waals surface area contributed by atoms with E-state index in [9.17, 15) is 9.50 Å². The lowest BCUT2D eigenvalue weighted by Crippen LogP contribution is -2.32. The Bertz CT molecular complexity index is 377. The molecule has 0 amide bonds. The predicted octanol–water partition coefficient (Wildman–Crippen LogP) is 1.98. The molecule has 0 fully saturated rings. The van der Waals surface area contributed by atoms with Crippen molar-refractivity contribution in [3.63, 3.8) is 0 Å². The van der Waals surface area contributed by atoms with E-state index >= 15 is 0 Å². The van der Waals surface area contributed by atoms with Crippen LogP contribution in [0.15, 0.2) is 18.2 Å². The molecular formula is C14H22FNO3. The molecule has 0 heterocycles. The first-order valence-electron chi connectivity index (χ1n) is 6.31. The molecule has 4 nitrogen and oxygen atoms in total. The van der Waals surface area contributed by atoms with Crippen LogP contribution >= 0.6 is 0 Å². The number of aliphatic hydroxyl groups is 1. The van der Waals surface area contributed by atoms with E-state index in [0.717, 1.165) is 0 Å². The maximum absolute atomic E-state index is 13.9. The second-order valence-electron chi connectivity index (χ2n) is 4.32. The van der Waals surface area contributed by atoms with Crippen molar-refractivity contribution in [1.29, 1.82) is 0 Å². The molecule has 0 aliphatic rings. The molecule has 0 bridgehead atoms. The number of anilines is 1. The molecule has 1 rings (SSSR count). The van der Waals surface area contributed by atoms with Gasteiger partial charge in [0.2, 0.25) is 0 Å². The third-order valence-corrected chi connectivity index (χ3v) is 2.92. The van der Waals surface area contributed by atoms with Gasteiger partial charge in [0.25, 0.3) is 0 Å². The highest BCUT2D eigenvalue weighted by Gasteiger charge is 2.18. The van der Waals surface area contributed by atoms with Crippen molar-refractivity contribution in [2.45, 2.75) is 13.0 Å². The first kappa shape index (κ1) is 15.9. The highest BCUT2D eigenvalue weighted by molar-refractivity contribution is 5.55. The van der Waals surface area contributed by atoms with Gasteiger partial charge in [-0.15, -0.1) is 0 Å². The Labute approximate surface area is 113 Å². The van der Waals surface area contributed by atoms with Crippen molar-refractivity contribution in [3.8, 4) is 0 Å². The Morgan fingerprint density at radius 2 is 1.79 bits per heavy atom. The average molecular weight is 271 g/mol. The zero-order valence-electron chi connectivity index (χ0n) is 11.7. The maximum atomic E-state index is 13.9. The molecule has 1 unspecified atom stereocenters. The van der Waals surface area contributed by atoms with Gasteiger partial charge in [0.05, 0.1) is 19.3 Å². The van der Waals surface area contributed by atoms with Crippen LogP contribution in [0.4, 0.5) is 10.1 Å². The molecule has 0 radical (unpaired) electrons. The summed E-state index contributed by atoms with van der Waals surface area (Å²) in [5, 5.41) is 9.76. The van der Waals surface area contributed by atoms with Crippen LogP contribution in [-0.4, -0.2) is 45.6 Å². The largest absolute Gasteiger partial charge is 0.389 e. The van der Waals surface area contributed by atoms with Crippen molar-refractivity contribution in [1.82, 2.24) is 0 Å². The first-order valence-corrected chi connectivity index (χ1v) is 6.31. The Morgan fingerprint density at radius 1 is 1.21 bits per heavy atom. The SMILES string of the molecule is COCCN(CCOC)c1cccc(F)c1C(C)O. The maximum Gasteiger partial charge on any atom is 0.131 e. The third kappa shape index (κ3) is 4.45. The summed E-state index contributed by atoms with van der Waals surface area (Å²) in [6.45, 7) is 3.84. The molecule has 19 heavy (non-hydrogen) atoms. The topological polar surface area (TPSA) is 41.9 Å². The molecule has 0 spiro atoms. The van der Waals surface area contributed by atoms with E-state index in [0.29, 0.717) is 37.6 Å². The molecule has 0 aliphatic carbocycles. The standard InChI is InChI=1S/C14H22FNO3/c1-11(17)14-12(15)5-4-6-13(14)16(7-9-18-2)8-10-19-3/h4-6,11,17H,7-10H2,1-3H3. The Kier molecular flexibility index (Phi) is 6.77. The van der Waals surface area contributed by atoms with Crippen LogP contribution < -0.4 is 4.90 Å². The van der Waals surface area contributed by atoms with E-state index in [1.54, 1.807) is 33.3 Å². The molecule has 1 aromatic rings. The van der Waals surface area contributed by atoms with Gasteiger partial charge in [-0.2, -0.15) is 0 Å². The third-order valence-electron chi connectivity index (χ3n) is 2.92. The quantitative estimate of drug-likeness (QED) is 0.785. The number of methoxy groups -OCH3 is 2. The van der Waals surface area contributed by atoms with Crippen molar-refractivity contribution in [2.24, 2.45) is 0 Å². The normalized spacial score (nSPS) is 12.5. The molecule has 1 N–H and O–H groups in total. The van der Waals surface area contributed by atoms with Crippen LogP contribution in [0, 0.1) is 5.82 Å². The number of aliphatic hydroxyl groups excluding tert-OH is 1. The zero-order chi connectivity index (χ0) is 14.3. The minimum Gasteiger partial charge on any atom is -0.389 e. The van der Waals surface area contributed by atoms with Gasteiger partial charge >= 0.3 is 0 Å². The van der Waals surface area contributed by atoms with Gasteiger partial charge in [-0.3, -0.25) is 0 Å². The van der Waals surface area contributed by atoms with E-state index < -0.39 is 11.9 Å². The fourth-order valence-corrected chi connectivity index (χ4v) is 1.97. The minimum absolute atomic E-state index is 0.315. The molecular weight excluding hydrogens is 249 g/mol. The minimum atomic E-state index is -0.858. The number of rotatable bonds is 8. The van der Waals surface area contributed by atoms with Gasteiger partial charge < -0.3 is 19.5 Å². The smallest absolute Gasteiger partial charge is 0.131 e. The summed E-state index contributed by atoms with van der Waals surface area (Å²) in [7, 11) is 3.24. The molecule has 1 aromatic carbocycles. The van der Waals surface area contributed by atoms with E-state index in [2.05, 4.69) is 0 Å². The monoisotopic (exact) mass is 271 g/mol. The van der Waals surface area contributed by atoms with E-state index in [4.69, 9.17) is 9.47 Å². The number of hydrogen-bond acceptors (Lipinski definition) is 4. The Morgan fingerprint density at radius 3 is 2.26 bits per heavy atom. The van der Waals surface area contributed by atoms with Crippen molar-refractivity contribution < 1.29 is 19.0 Å². The molecule has 0 saturated carbocycles. The highest BCUT2D eigenvalue weighted by atomic mass is 19.1. The summed E-state index contributed by atoms with van der Waals surface area (Å²) >= 11 is 0. The number of hydrogen-bond donors (Lipinski definition) is 1. The summed E-state index contributed by atoms with van der Waals surface area (Å²) in [5.41, 5.74) is 0.999. The number of ether oxygens (including phenoxy) is 2. The lowest BCUT2D eigenvalue weighted by molar-refractivity contribution is 0.186. The second-order valence-corrected chi connectivity index (χ2v) is 4.32. The van der Waals surface area contributed by atoms with Crippen LogP contribution in [0.3, 0.4) is 0 Å². The fraction of sp³-hybridized carbons (Fsp3) is 0.571. The number of benzene rings is 1. The molecule has 1 atom stereocenters. The van der Waals surface area contributed by atoms with E-state index in [-0.39, 0.29) is 0 Å². The Hall–Kier alpha value is -1.17. The second kappa shape index (κ2) is 8.09. The molecule has 0 aromatic heterocycles. The number of halogens is 1. The molecule has 0 saturated heterocycles. The van der Waals surface area contributed by atoms with Crippen LogP contribution in [0.1, 0.15) is 18.6 Å². The van der Waals surface area contributed by atoms with Gasteiger partial charge in [0, 0.05) is 38.6 Å². The van der Waals surface area contributed by atoms with Gasteiger partial charge in [-0.25, -0.2) is 4.39 Å². The summed E-state index contributed by atoms with van der Waals surface area (Å²) < 4.78 is 24.0. The van der Waals surface area contributed by atoms with Crippen molar-refractivity contribution >= 4 is 5.69 Å². The zero-order valence-corrected chi connectivity index (χ0v) is 11.7. The molecule has 108 valence electrons. The van der Waals surface area contributed by atoms with Gasteiger partial charge in [0.1, 0.15) is 5.82 Å². The van der Waals surface area contributed by atoms with Crippen molar-refractivity contribution in [3.05, 3.63) is 29.6 Å². The highest BCUT2D eigenvalue weighted by Crippen LogP contribution is 2.28. The van der Waals surface area contributed by atoms with Crippen LogP contribution in [0.5, 0.6) is 0 Å². The van der Waals surface area contributed by atoms with Crippen LogP contribution in [0.2, 0.25) is 0 Å². The van der Waals surface area contributed by atoms with Crippen molar-refractivity contribution in [2.75, 3.05) is 45.4 Å². The van der Waals surface area contributed by atoms with Gasteiger partial charge in [-0.05, 0) is 19.1 Å². The first-order chi connectivity index (χ1) is 9.11. The lowest BCUT2D eigenvalue weighted by Gasteiger charge is -2.27. The summed E-state index contributed by atoms with van der Waals surface area (Å²) in [6, 6.07) is 4.80. The van der Waals surface area contributed by atoms with Gasteiger partial charge in [-0.1, -0.05) is 6.07 Å². The van der Waals surface area contributed by atoms with E-state index in [1.165, 1.54) is 6.07 Å². The van der Waals surface area contributed by atoms with Gasteiger partial charge in [0.15, 0.2) is 0 Å². The fourth-order valence-electron chi connectivity index (χ4n) is 1.97. The predicted molar refractivity (Wildman–Crippen MR) is 73.0 cm³/mol. The summed E-state index contributed by atoms with van der Waals surface area (Å²) in [6.07, 6.45) is -0.858. The van der Waals surface area contributed by atoms with Crippen LogP contribution in [-0.2, 0) is 9.47 Å². The average Bonchev–Trinajstić information content (AvgIpc) is 2.38. The lowest BCUT2D eigenvalue weighted by atomic mass is 10.1. The summed E-state index contributed by atoms with van der Waals surface area (Å²) in [4.78, 5) is 1.96. The number of nitrogens with zero attached hydrogens (tertiary/aromatic N) is 1. The molecule has 0 aliphatic heterocycles.